The van der Waals surface area contributed by atoms with E-state index in [2.05, 4.69) is 6.92 Å². The molecule has 1 amide bonds. The van der Waals surface area contributed by atoms with Gasteiger partial charge in [-0.1, -0.05) is 18.2 Å². The van der Waals surface area contributed by atoms with Crippen molar-refractivity contribution in [1.82, 2.24) is 0 Å². The van der Waals surface area contributed by atoms with E-state index in [1.807, 2.05) is 35.2 Å². The molecule has 0 heterocycles. The Bertz CT molecular complexity index is 343. The van der Waals surface area contributed by atoms with E-state index in [0.717, 1.165) is 5.69 Å². The molecule has 1 aliphatic carbocycles. The van der Waals surface area contributed by atoms with E-state index < -0.39 is 0 Å². The van der Waals surface area contributed by atoms with Crippen molar-refractivity contribution in [3.63, 3.8) is 0 Å². The van der Waals surface area contributed by atoms with Gasteiger partial charge in [0.15, 0.2) is 0 Å². The van der Waals surface area contributed by atoms with Crippen LogP contribution >= 0.6 is 0 Å². The molecule has 0 bridgehead atoms. The van der Waals surface area contributed by atoms with Crippen molar-refractivity contribution in [2.45, 2.75) is 32.7 Å². The van der Waals surface area contributed by atoms with Crippen molar-refractivity contribution in [2.75, 3.05) is 4.90 Å². The molecule has 0 saturated heterocycles. The number of nitrogens with zero attached hydrogens (tertiary/aromatic N) is 1. The molecule has 1 fully saturated rings. The molecule has 1 saturated carbocycles. The van der Waals surface area contributed by atoms with Gasteiger partial charge in [-0.2, -0.15) is 0 Å². The standard InChI is InChI=1S/C13H17NO/c1-10(12-8-9-12)14(11(2)15)13-6-4-3-5-7-13/h3-7,10,12H,8-9H2,1-2H3. The second-order valence-electron chi connectivity index (χ2n) is 4.30. The van der Waals surface area contributed by atoms with Crippen molar-refractivity contribution < 1.29 is 4.79 Å². The quantitative estimate of drug-likeness (QED) is 0.739. The number of anilines is 1. The molecule has 2 heteroatoms. The maximum Gasteiger partial charge on any atom is 0.224 e. The lowest BCUT2D eigenvalue weighted by Gasteiger charge is -2.28. The van der Waals surface area contributed by atoms with Gasteiger partial charge in [0, 0.05) is 18.7 Å². The maximum atomic E-state index is 11.6. The van der Waals surface area contributed by atoms with Gasteiger partial charge < -0.3 is 4.90 Å². The fraction of sp³-hybridized carbons (Fsp3) is 0.462. The third kappa shape index (κ3) is 2.20. The van der Waals surface area contributed by atoms with E-state index in [-0.39, 0.29) is 5.91 Å². The summed E-state index contributed by atoms with van der Waals surface area (Å²) in [5.41, 5.74) is 1.02. The number of hydrogen-bond donors (Lipinski definition) is 0. The molecule has 80 valence electrons. The van der Waals surface area contributed by atoms with E-state index in [1.54, 1.807) is 6.92 Å². The van der Waals surface area contributed by atoms with Crippen LogP contribution in [0.4, 0.5) is 5.69 Å². The van der Waals surface area contributed by atoms with Crippen LogP contribution in [0.2, 0.25) is 0 Å². The molecule has 0 aliphatic heterocycles. The van der Waals surface area contributed by atoms with Crippen LogP contribution in [0.5, 0.6) is 0 Å². The number of benzene rings is 1. The first-order valence-electron chi connectivity index (χ1n) is 5.55. The van der Waals surface area contributed by atoms with E-state index >= 15 is 0 Å². The normalized spacial score (nSPS) is 17.2. The fourth-order valence-electron chi connectivity index (χ4n) is 2.08. The summed E-state index contributed by atoms with van der Waals surface area (Å²) in [6.45, 7) is 3.79. The minimum absolute atomic E-state index is 0.139. The third-order valence-corrected chi connectivity index (χ3v) is 3.09. The van der Waals surface area contributed by atoms with Crippen LogP contribution in [0.15, 0.2) is 30.3 Å². The third-order valence-electron chi connectivity index (χ3n) is 3.09. The summed E-state index contributed by atoms with van der Waals surface area (Å²) in [4.78, 5) is 13.6. The van der Waals surface area contributed by atoms with Gasteiger partial charge >= 0.3 is 0 Å². The predicted molar refractivity (Wildman–Crippen MR) is 61.8 cm³/mol. The smallest absolute Gasteiger partial charge is 0.224 e. The van der Waals surface area contributed by atoms with Crippen molar-refractivity contribution in [3.05, 3.63) is 30.3 Å². The van der Waals surface area contributed by atoms with Crippen molar-refractivity contribution in [2.24, 2.45) is 5.92 Å². The number of carbonyl (C=O) groups is 1. The molecule has 1 unspecified atom stereocenters. The van der Waals surface area contributed by atoms with Gasteiger partial charge in [-0.15, -0.1) is 0 Å². The molecule has 15 heavy (non-hydrogen) atoms. The van der Waals surface area contributed by atoms with Crippen LogP contribution in [0, 0.1) is 5.92 Å². The Morgan fingerprint density at radius 3 is 2.40 bits per heavy atom. The van der Waals surface area contributed by atoms with E-state index in [1.165, 1.54) is 12.8 Å². The molecule has 0 spiro atoms. The van der Waals surface area contributed by atoms with Gasteiger partial charge in [-0.3, -0.25) is 4.79 Å². The zero-order valence-electron chi connectivity index (χ0n) is 9.31. The number of rotatable bonds is 3. The summed E-state index contributed by atoms with van der Waals surface area (Å²) in [5.74, 6) is 0.842. The van der Waals surface area contributed by atoms with Crippen LogP contribution in [0.3, 0.4) is 0 Å². The number of carbonyl (C=O) groups excluding carboxylic acids is 1. The molecule has 2 rings (SSSR count). The van der Waals surface area contributed by atoms with E-state index in [4.69, 9.17) is 0 Å². The number of para-hydroxylation sites is 1. The van der Waals surface area contributed by atoms with Crippen molar-refractivity contribution in [1.29, 1.82) is 0 Å². The van der Waals surface area contributed by atoms with Gasteiger partial charge in [-0.25, -0.2) is 0 Å². The van der Waals surface area contributed by atoms with Crippen LogP contribution in [-0.2, 0) is 4.79 Å². The lowest BCUT2D eigenvalue weighted by Crippen LogP contribution is -2.38. The van der Waals surface area contributed by atoms with Crippen LogP contribution in [0.1, 0.15) is 26.7 Å². The average Bonchev–Trinajstić information content (AvgIpc) is 3.02. The summed E-state index contributed by atoms with van der Waals surface area (Å²) in [5, 5.41) is 0. The Hall–Kier alpha value is -1.31. The average molecular weight is 203 g/mol. The summed E-state index contributed by atoms with van der Waals surface area (Å²) >= 11 is 0. The van der Waals surface area contributed by atoms with Crippen molar-refractivity contribution >= 4 is 11.6 Å². The molecule has 0 aromatic heterocycles. The van der Waals surface area contributed by atoms with Gasteiger partial charge in [0.2, 0.25) is 5.91 Å². The van der Waals surface area contributed by atoms with Gasteiger partial charge in [-0.05, 0) is 37.8 Å². The second-order valence-corrected chi connectivity index (χ2v) is 4.30. The number of amides is 1. The first kappa shape index (κ1) is 10.2. The van der Waals surface area contributed by atoms with Gasteiger partial charge in [0.1, 0.15) is 0 Å². The predicted octanol–water partition coefficient (Wildman–Crippen LogP) is 2.84. The minimum atomic E-state index is 0.139. The SMILES string of the molecule is CC(=O)N(c1ccccc1)C(C)C1CC1. The monoisotopic (exact) mass is 203 g/mol. The first-order chi connectivity index (χ1) is 7.20. The highest BCUT2D eigenvalue weighted by Crippen LogP contribution is 2.36. The molecular formula is C13H17NO. The Morgan fingerprint density at radius 2 is 1.93 bits per heavy atom. The highest BCUT2D eigenvalue weighted by atomic mass is 16.2. The van der Waals surface area contributed by atoms with Gasteiger partial charge in [0.25, 0.3) is 0 Å². The Balaban J connectivity index is 2.23. The first-order valence-corrected chi connectivity index (χ1v) is 5.55. The summed E-state index contributed by atoms with van der Waals surface area (Å²) in [6, 6.07) is 10.3. The maximum absolute atomic E-state index is 11.6. The summed E-state index contributed by atoms with van der Waals surface area (Å²) < 4.78 is 0. The largest absolute Gasteiger partial charge is 0.310 e. The lowest BCUT2D eigenvalue weighted by molar-refractivity contribution is -0.117. The summed E-state index contributed by atoms with van der Waals surface area (Å²) in [6.07, 6.45) is 2.52. The van der Waals surface area contributed by atoms with Crippen LogP contribution < -0.4 is 4.90 Å². The molecule has 2 nitrogen and oxygen atoms in total. The highest BCUT2D eigenvalue weighted by molar-refractivity contribution is 5.92. The topological polar surface area (TPSA) is 20.3 Å². The Labute approximate surface area is 90.9 Å². The second kappa shape index (κ2) is 4.05. The van der Waals surface area contributed by atoms with E-state index in [0.29, 0.717) is 12.0 Å². The number of hydrogen-bond acceptors (Lipinski definition) is 1. The molecule has 0 N–H and O–H groups in total. The molecule has 1 aromatic carbocycles. The van der Waals surface area contributed by atoms with Crippen LogP contribution in [-0.4, -0.2) is 11.9 Å². The van der Waals surface area contributed by atoms with Crippen LogP contribution in [0.25, 0.3) is 0 Å². The fourth-order valence-corrected chi connectivity index (χ4v) is 2.08. The Morgan fingerprint density at radius 1 is 1.33 bits per heavy atom. The zero-order valence-corrected chi connectivity index (χ0v) is 9.31. The Kier molecular flexibility index (Phi) is 2.76. The molecule has 1 atom stereocenters. The minimum Gasteiger partial charge on any atom is -0.310 e. The lowest BCUT2D eigenvalue weighted by atomic mass is 10.1. The highest BCUT2D eigenvalue weighted by Gasteiger charge is 2.33. The van der Waals surface area contributed by atoms with Crippen molar-refractivity contribution in [3.8, 4) is 0 Å². The zero-order chi connectivity index (χ0) is 10.8. The molecular weight excluding hydrogens is 186 g/mol. The van der Waals surface area contributed by atoms with Gasteiger partial charge in [0.05, 0.1) is 0 Å². The van der Waals surface area contributed by atoms with E-state index in [9.17, 15) is 4.79 Å². The summed E-state index contributed by atoms with van der Waals surface area (Å²) in [7, 11) is 0. The molecule has 1 aromatic rings. The molecule has 1 aliphatic rings. The molecule has 0 radical (unpaired) electrons.